The summed E-state index contributed by atoms with van der Waals surface area (Å²) in [5.41, 5.74) is 0.841. The molecule has 0 fully saturated rings. The standard InChI is InChI=1S/C11H14O3S2/c1-9(8-15)7-14-10-4-3-5-11(6-10)16(2,12)13/h3-6,15H,1,7-8H2,2H3. The van der Waals surface area contributed by atoms with Crippen LogP contribution in [0.5, 0.6) is 5.75 Å². The van der Waals surface area contributed by atoms with Crippen molar-refractivity contribution in [3.8, 4) is 5.75 Å². The molecule has 1 aromatic carbocycles. The Hall–Kier alpha value is -0.940. The SMILES string of the molecule is C=C(CS)COc1cccc(S(C)(=O)=O)c1. The molecular formula is C11H14O3S2. The molecule has 5 heteroatoms. The van der Waals surface area contributed by atoms with E-state index in [1.807, 2.05) is 0 Å². The molecule has 0 spiro atoms. The topological polar surface area (TPSA) is 43.4 Å². The van der Waals surface area contributed by atoms with Crippen molar-refractivity contribution in [2.45, 2.75) is 4.90 Å². The zero-order valence-corrected chi connectivity index (χ0v) is 10.7. The van der Waals surface area contributed by atoms with Crippen molar-refractivity contribution in [3.05, 3.63) is 36.4 Å². The molecule has 0 aromatic heterocycles. The third kappa shape index (κ3) is 3.90. The zero-order valence-electron chi connectivity index (χ0n) is 9.01. The van der Waals surface area contributed by atoms with Gasteiger partial charge in [0.1, 0.15) is 12.4 Å². The minimum atomic E-state index is -3.19. The van der Waals surface area contributed by atoms with Gasteiger partial charge in [-0.3, -0.25) is 0 Å². The van der Waals surface area contributed by atoms with E-state index in [-0.39, 0.29) is 4.90 Å². The maximum Gasteiger partial charge on any atom is 0.175 e. The second-order valence-electron chi connectivity index (χ2n) is 3.44. The van der Waals surface area contributed by atoms with Crippen molar-refractivity contribution >= 4 is 22.5 Å². The predicted octanol–water partition coefficient (Wildman–Crippen LogP) is 1.95. The third-order valence-electron chi connectivity index (χ3n) is 1.90. The molecule has 0 aliphatic heterocycles. The highest BCUT2D eigenvalue weighted by Gasteiger charge is 2.07. The molecule has 0 amide bonds. The van der Waals surface area contributed by atoms with E-state index in [1.165, 1.54) is 18.4 Å². The van der Waals surface area contributed by atoms with E-state index in [1.54, 1.807) is 12.1 Å². The number of rotatable bonds is 5. The predicted molar refractivity (Wildman–Crippen MR) is 68.0 cm³/mol. The van der Waals surface area contributed by atoms with Gasteiger partial charge in [0.25, 0.3) is 0 Å². The summed E-state index contributed by atoms with van der Waals surface area (Å²) in [5, 5.41) is 0. The van der Waals surface area contributed by atoms with Gasteiger partial charge >= 0.3 is 0 Å². The highest BCUT2D eigenvalue weighted by molar-refractivity contribution is 7.90. The minimum absolute atomic E-state index is 0.251. The first-order valence-electron chi connectivity index (χ1n) is 4.64. The molecule has 0 saturated heterocycles. The Kier molecular flexibility index (Phi) is 4.44. The summed E-state index contributed by atoms with van der Waals surface area (Å²) >= 11 is 4.05. The van der Waals surface area contributed by atoms with Crippen LogP contribution in [0.25, 0.3) is 0 Å². The summed E-state index contributed by atoms with van der Waals surface area (Å²) in [6.07, 6.45) is 1.17. The Morgan fingerprint density at radius 2 is 2.19 bits per heavy atom. The Morgan fingerprint density at radius 1 is 1.50 bits per heavy atom. The summed E-state index contributed by atoms with van der Waals surface area (Å²) in [6.45, 7) is 4.08. The van der Waals surface area contributed by atoms with Gasteiger partial charge in [0.05, 0.1) is 4.90 Å². The van der Waals surface area contributed by atoms with Crippen LogP contribution in [0.2, 0.25) is 0 Å². The fraction of sp³-hybridized carbons (Fsp3) is 0.273. The maximum atomic E-state index is 11.3. The minimum Gasteiger partial charge on any atom is -0.489 e. The van der Waals surface area contributed by atoms with Crippen molar-refractivity contribution in [2.75, 3.05) is 18.6 Å². The molecule has 0 bridgehead atoms. The molecule has 1 aromatic rings. The molecular weight excluding hydrogens is 244 g/mol. The second-order valence-corrected chi connectivity index (χ2v) is 5.78. The van der Waals surface area contributed by atoms with Gasteiger partial charge in [0, 0.05) is 12.0 Å². The van der Waals surface area contributed by atoms with E-state index in [0.29, 0.717) is 18.1 Å². The van der Waals surface area contributed by atoms with E-state index in [2.05, 4.69) is 19.2 Å². The number of hydrogen-bond acceptors (Lipinski definition) is 4. The normalized spacial score (nSPS) is 11.1. The molecule has 0 heterocycles. The van der Waals surface area contributed by atoms with Crippen LogP contribution in [-0.4, -0.2) is 27.0 Å². The molecule has 0 atom stereocenters. The molecule has 0 unspecified atom stereocenters. The Morgan fingerprint density at radius 3 is 2.75 bits per heavy atom. The number of hydrogen-bond donors (Lipinski definition) is 1. The largest absolute Gasteiger partial charge is 0.489 e. The fourth-order valence-electron chi connectivity index (χ4n) is 1.03. The van der Waals surface area contributed by atoms with E-state index < -0.39 is 9.84 Å². The lowest BCUT2D eigenvalue weighted by atomic mass is 10.3. The number of ether oxygens (including phenoxy) is 1. The van der Waals surface area contributed by atoms with E-state index in [0.717, 1.165) is 5.57 Å². The van der Waals surface area contributed by atoms with Crippen LogP contribution in [0.1, 0.15) is 0 Å². The van der Waals surface area contributed by atoms with Crippen molar-refractivity contribution in [1.29, 1.82) is 0 Å². The summed E-state index contributed by atoms with van der Waals surface area (Å²) in [5.74, 6) is 1.07. The van der Waals surface area contributed by atoms with Crippen molar-refractivity contribution in [2.24, 2.45) is 0 Å². The smallest absolute Gasteiger partial charge is 0.175 e. The first-order valence-corrected chi connectivity index (χ1v) is 7.16. The van der Waals surface area contributed by atoms with Gasteiger partial charge in [-0.1, -0.05) is 12.6 Å². The first kappa shape index (κ1) is 13.1. The van der Waals surface area contributed by atoms with Crippen molar-refractivity contribution in [1.82, 2.24) is 0 Å². The number of thiol groups is 1. The lowest BCUT2D eigenvalue weighted by Crippen LogP contribution is -2.02. The quantitative estimate of drug-likeness (QED) is 0.648. The lowest BCUT2D eigenvalue weighted by Gasteiger charge is -2.07. The second kappa shape index (κ2) is 5.41. The Balaban J connectivity index is 2.80. The van der Waals surface area contributed by atoms with Gasteiger partial charge < -0.3 is 4.74 Å². The van der Waals surface area contributed by atoms with Crippen LogP contribution in [0.3, 0.4) is 0 Å². The van der Waals surface area contributed by atoms with Crippen LogP contribution in [0, 0.1) is 0 Å². The molecule has 1 rings (SSSR count). The van der Waals surface area contributed by atoms with Crippen LogP contribution in [-0.2, 0) is 9.84 Å². The van der Waals surface area contributed by atoms with E-state index in [4.69, 9.17) is 4.74 Å². The van der Waals surface area contributed by atoms with E-state index >= 15 is 0 Å². The van der Waals surface area contributed by atoms with Gasteiger partial charge in [0.15, 0.2) is 9.84 Å². The maximum absolute atomic E-state index is 11.3. The highest BCUT2D eigenvalue weighted by atomic mass is 32.2. The number of benzene rings is 1. The third-order valence-corrected chi connectivity index (χ3v) is 3.46. The van der Waals surface area contributed by atoms with Crippen LogP contribution in [0.4, 0.5) is 0 Å². The summed E-state index contributed by atoms with van der Waals surface area (Å²) in [7, 11) is -3.19. The van der Waals surface area contributed by atoms with Gasteiger partial charge in [-0.15, -0.1) is 0 Å². The lowest BCUT2D eigenvalue weighted by molar-refractivity contribution is 0.352. The van der Waals surface area contributed by atoms with Crippen LogP contribution < -0.4 is 4.74 Å². The molecule has 0 radical (unpaired) electrons. The molecule has 0 saturated carbocycles. The van der Waals surface area contributed by atoms with Gasteiger partial charge in [0.2, 0.25) is 0 Å². The van der Waals surface area contributed by atoms with Crippen molar-refractivity contribution in [3.63, 3.8) is 0 Å². The Bertz CT molecular complexity index is 478. The van der Waals surface area contributed by atoms with Crippen molar-refractivity contribution < 1.29 is 13.2 Å². The van der Waals surface area contributed by atoms with Crippen LogP contribution in [0.15, 0.2) is 41.3 Å². The molecule has 88 valence electrons. The summed E-state index contributed by atoms with van der Waals surface area (Å²) < 4.78 is 28.0. The Labute approximate surface area is 101 Å². The molecule has 0 aliphatic carbocycles. The zero-order chi connectivity index (χ0) is 12.2. The summed E-state index contributed by atoms with van der Waals surface area (Å²) in [6, 6.07) is 6.40. The van der Waals surface area contributed by atoms with Gasteiger partial charge in [-0.25, -0.2) is 8.42 Å². The molecule has 16 heavy (non-hydrogen) atoms. The molecule has 0 N–H and O–H groups in total. The molecule has 3 nitrogen and oxygen atoms in total. The van der Waals surface area contributed by atoms with Gasteiger partial charge in [-0.2, -0.15) is 12.6 Å². The molecule has 0 aliphatic rings. The monoisotopic (exact) mass is 258 g/mol. The first-order chi connectivity index (χ1) is 7.43. The van der Waals surface area contributed by atoms with Crippen LogP contribution >= 0.6 is 12.6 Å². The average molecular weight is 258 g/mol. The van der Waals surface area contributed by atoms with E-state index in [9.17, 15) is 8.42 Å². The summed E-state index contributed by atoms with van der Waals surface area (Å²) in [4.78, 5) is 0.251. The van der Waals surface area contributed by atoms with Gasteiger partial charge in [-0.05, 0) is 23.8 Å². The number of sulfone groups is 1. The highest BCUT2D eigenvalue weighted by Crippen LogP contribution is 2.17. The fourth-order valence-corrected chi connectivity index (χ4v) is 1.77. The average Bonchev–Trinajstić information content (AvgIpc) is 2.25.